The van der Waals surface area contributed by atoms with Crippen LogP contribution < -0.4 is 10.6 Å². The fourth-order valence-corrected chi connectivity index (χ4v) is 4.17. The minimum absolute atomic E-state index is 0.580. The molecule has 2 heterocycles. The Balaban J connectivity index is 0.000000182. The lowest BCUT2D eigenvalue weighted by atomic mass is 9.96. The summed E-state index contributed by atoms with van der Waals surface area (Å²) in [7, 11) is -4.67. The van der Waals surface area contributed by atoms with E-state index in [1.165, 1.54) is 22.3 Å². The average Bonchev–Trinajstić information content (AvgIpc) is 2.97. The first-order chi connectivity index (χ1) is 14.5. The van der Waals surface area contributed by atoms with Gasteiger partial charge in [0.05, 0.1) is 0 Å². The Labute approximate surface area is 194 Å². The van der Waals surface area contributed by atoms with Crippen LogP contribution in [0.4, 0.5) is 0 Å². The van der Waals surface area contributed by atoms with Crippen molar-refractivity contribution < 1.29 is 17.5 Å². The third kappa shape index (κ3) is 9.45. The van der Waals surface area contributed by atoms with Crippen LogP contribution in [0.2, 0.25) is 10.0 Å². The van der Waals surface area contributed by atoms with Crippen molar-refractivity contribution in [2.45, 2.75) is 38.5 Å². The number of benzene rings is 2. The summed E-state index contributed by atoms with van der Waals surface area (Å²) < 4.78 is 31.6. The second-order valence-corrected chi connectivity index (χ2v) is 9.61. The number of hydrogen-bond donors (Lipinski definition) is 4. The molecule has 2 aromatic rings. The number of nitrogens with one attached hydrogen (secondary N) is 2. The van der Waals surface area contributed by atoms with Crippen molar-refractivity contribution in [3.05, 3.63) is 68.7 Å². The molecule has 0 fully saturated rings. The summed E-state index contributed by atoms with van der Waals surface area (Å²) in [5.41, 5.74) is 5.72. The van der Waals surface area contributed by atoms with E-state index in [4.69, 9.17) is 40.7 Å². The van der Waals surface area contributed by atoms with Crippen molar-refractivity contribution >= 4 is 33.6 Å². The van der Waals surface area contributed by atoms with Crippen LogP contribution in [0.15, 0.2) is 36.4 Å². The molecule has 9 heteroatoms. The van der Waals surface area contributed by atoms with Crippen LogP contribution >= 0.6 is 23.2 Å². The van der Waals surface area contributed by atoms with Crippen molar-refractivity contribution in [3.63, 3.8) is 0 Å². The smallest absolute Gasteiger partial charge is 0.316 e. The molecule has 172 valence electrons. The minimum Gasteiger partial charge on any atom is -0.316 e. The number of halogens is 2. The van der Waals surface area contributed by atoms with Gasteiger partial charge in [0.1, 0.15) is 0 Å². The standard InChI is InChI=1S/2C11H14ClN.H2O4S/c2*1-8-7-13-5-4-9-2-3-10(12)6-11(8)9;1-5(2,3)4/h2*2-3,6,8,13H,4-5,7H2,1H3;(H2,1,2,3,4)/t2*8-;/m00./s1. The van der Waals surface area contributed by atoms with Crippen LogP contribution in [0.25, 0.3) is 0 Å². The Morgan fingerprint density at radius 1 is 0.806 bits per heavy atom. The lowest BCUT2D eigenvalue weighted by Crippen LogP contribution is -2.18. The van der Waals surface area contributed by atoms with E-state index in [2.05, 4.69) is 48.7 Å². The van der Waals surface area contributed by atoms with Gasteiger partial charge in [-0.2, -0.15) is 8.42 Å². The van der Waals surface area contributed by atoms with Gasteiger partial charge < -0.3 is 10.6 Å². The van der Waals surface area contributed by atoms with Gasteiger partial charge in [-0.15, -0.1) is 0 Å². The van der Waals surface area contributed by atoms with Gasteiger partial charge in [-0.25, -0.2) is 0 Å². The second kappa shape index (κ2) is 12.2. The van der Waals surface area contributed by atoms with Crippen molar-refractivity contribution in [3.8, 4) is 0 Å². The first-order valence-corrected chi connectivity index (χ1v) is 12.4. The molecule has 0 aliphatic carbocycles. The van der Waals surface area contributed by atoms with E-state index in [0.29, 0.717) is 11.8 Å². The molecule has 0 radical (unpaired) electrons. The summed E-state index contributed by atoms with van der Waals surface area (Å²) in [6.45, 7) is 8.78. The lowest BCUT2D eigenvalue weighted by Gasteiger charge is -2.11. The maximum Gasteiger partial charge on any atom is 0.394 e. The van der Waals surface area contributed by atoms with E-state index < -0.39 is 10.4 Å². The maximum absolute atomic E-state index is 8.74. The Morgan fingerprint density at radius 2 is 1.16 bits per heavy atom. The first-order valence-electron chi connectivity index (χ1n) is 10.2. The molecule has 0 saturated carbocycles. The highest BCUT2D eigenvalue weighted by atomic mass is 35.5. The first kappa shape index (κ1) is 26.1. The van der Waals surface area contributed by atoms with Crippen LogP contribution in [0.5, 0.6) is 0 Å². The van der Waals surface area contributed by atoms with Gasteiger partial charge in [0, 0.05) is 23.1 Å². The van der Waals surface area contributed by atoms with Gasteiger partial charge in [0.2, 0.25) is 0 Å². The molecule has 0 bridgehead atoms. The van der Waals surface area contributed by atoms with E-state index in [0.717, 1.165) is 49.1 Å². The molecule has 2 aliphatic rings. The van der Waals surface area contributed by atoms with Gasteiger partial charge in [-0.3, -0.25) is 9.11 Å². The quantitative estimate of drug-likeness (QED) is 0.406. The zero-order valence-corrected chi connectivity index (χ0v) is 20.1. The molecule has 2 atom stereocenters. The molecule has 4 rings (SSSR count). The van der Waals surface area contributed by atoms with Crippen LogP contribution in [-0.2, 0) is 23.2 Å². The second-order valence-electron chi connectivity index (χ2n) is 7.84. The summed E-state index contributed by atoms with van der Waals surface area (Å²) >= 11 is 11.9. The average molecular weight is 489 g/mol. The number of fused-ring (bicyclic) bond motifs is 2. The Kier molecular flexibility index (Phi) is 10.2. The normalized spacial score (nSPS) is 20.5. The Hall–Kier alpha value is -1.19. The van der Waals surface area contributed by atoms with Crippen molar-refractivity contribution in [1.29, 1.82) is 0 Å². The molecule has 0 aromatic heterocycles. The molecule has 2 aromatic carbocycles. The molecule has 6 nitrogen and oxygen atoms in total. The topological polar surface area (TPSA) is 98.7 Å². The predicted molar refractivity (Wildman–Crippen MR) is 127 cm³/mol. The molecular weight excluding hydrogens is 459 g/mol. The van der Waals surface area contributed by atoms with Crippen molar-refractivity contribution in [2.75, 3.05) is 26.2 Å². The molecule has 0 amide bonds. The predicted octanol–water partition coefficient (Wildman–Crippen LogP) is 4.53. The zero-order chi connectivity index (χ0) is 23.0. The summed E-state index contributed by atoms with van der Waals surface area (Å²) in [4.78, 5) is 0. The highest BCUT2D eigenvalue weighted by molar-refractivity contribution is 7.79. The highest BCUT2D eigenvalue weighted by Gasteiger charge is 2.15. The summed E-state index contributed by atoms with van der Waals surface area (Å²) in [6.07, 6.45) is 2.24. The fraction of sp³-hybridized carbons (Fsp3) is 0.455. The van der Waals surface area contributed by atoms with Crippen LogP contribution in [-0.4, -0.2) is 43.7 Å². The molecular formula is C22H30Cl2N2O4S. The monoisotopic (exact) mass is 488 g/mol. The fourth-order valence-electron chi connectivity index (χ4n) is 3.81. The van der Waals surface area contributed by atoms with Gasteiger partial charge >= 0.3 is 10.4 Å². The number of rotatable bonds is 0. The summed E-state index contributed by atoms with van der Waals surface area (Å²) in [5.74, 6) is 1.16. The minimum atomic E-state index is -4.67. The summed E-state index contributed by atoms with van der Waals surface area (Å²) in [5, 5.41) is 8.55. The van der Waals surface area contributed by atoms with E-state index in [9.17, 15) is 0 Å². The Bertz CT molecular complexity index is 898. The van der Waals surface area contributed by atoms with Crippen LogP contribution in [0.3, 0.4) is 0 Å². The molecule has 0 unspecified atom stereocenters. The lowest BCUT2D eigenvalue weighted by molar-refractivity contribution is 0.381. The Morgan fingerprint density at radius 3 is 1.52 bits per heavy atom. The third-order valence-corrected chi connectivity index (χ3v) is 5.79. The van der Waals surface area contributed by atoms with Crippen molar-refractivity contribution in [2.24, 2.45) is 0 Å². The number of hydrogen-bond acceptors (Lipinski definition) is 4. The molecule has 31 heavy (non-hydrogen) atoms. The van der Waals surface area contributed by atoms with E-state index in [1.807, 2.05) is 12.1 Å². The van der Waals surface area contributed by atoms with Gasteiger partial charge in [-0.1, -0.05) is 49.2 Å². The van der Waals surface area contributed by atoms with Gasteiger partial charge in [-0.05, 0) is 84.3 Å². The molecule has 0 spiro atoms. The molecule has 4 N–H and O–H groups in total. The van der Waals surface area contributed by atoms with Gasteiger partial charge in [0.25, 0.3) is 0 Å². The molecule has 2 aliphatic heterocycles. The zero-order valence-electron chi connectivity index (χ0n) is 17.7. The SMILES string of the molecule is C[C@H]1CNCCc2ccc(Cl)cc21.C[C@H]1CNCCc2ccc(Cl)cc21.O=S(=O)(O)O. The largest absolute Gasteiger partial charge is 0.394 e. The third-order valence-electron chi connectivity index (χ3n) is 5.32. The summed E-state index contributed by atoms with van der Waals surface area (Å²) in [6, 6.07) is 12.5. The van der Waals surface area contributed by atoms with E-state index >= 15 is 0 Å². The van der Waals surface area contributed by atoms with Crippen LogP contribution in [0.1, 0.15) is 47.9 Å². The van der Waals surface area contributed by atoms with Crippen molar-refractivity contribution in [1.82, 2.24) is 10.6 Å². The van der Waals surface area contributed by atoms with Crippen LogP contribution in [0, 0.1) is 0 Å². The maximum atomic E-state index is 8.74. The molecule has 0 saturated heterocycles. The van der Waals surface area contributed by atoms with E-state index in [-0.39, 0.29) is 0 Å². The van der Waals surface area contributed by atoms with E-state index in [1.54, 1.807) is 0 Å². The van der Waals surface area contributed by atoms with Gasteiger partial charge in [0.15, 0.2) is 0 Å². The highest BCUT2D eigenvalue weighted by Crippen LogP contribution is 2.26.